The highest BCUT2D eigenvalue weighted by Gasteiger charge is 2.52. The van der Waals surface area contributed by atoms with E-state index in [9.17, 15) is 14.7 Å². The van der Waals surface area contributed by atoms with Gasteiger partial charge in [-0.2, -0.15) is 0 Å². The molecule has 1 N–H and O–H groups in total. The van der Waals surface area contributed by atoms with Gasteiger partial charge in [0.2, 0.25) is 0 Å². The molecular weight excluding hydrogens is 216 g/mol. The first-order chi connectivity index (χ1) is 7.39. The average Bonchev–Trinajstić information content (AvgIpc) is 2.07. The van der Waals surface area contributed by atoms with E-state index in [4.69, 9.17) is 0 Å². The third-order valence-electron chi connectivity index (χ3n) is 3.40. The Bertz CT molecular complexity index is 391. The van der Waals surface area contributed by atoms with Gasteiger partial charge in [0.1, 0.15) is 5.60 Å². The van der Waals surface area contributed by atoms with Gasteiger partial charge in [0.25, 0.3) is 0 Å². The van der Waals surface area contributed by atoms with Crippen LogP contribution in [0.25, 0.3) is 0 Å². The Morgan fingerprint density at radius 2 is 1.59 bits per heavy atom. The van der Waals surface area contributed by atoms with Gasteiger partial charge in [-0.1, -0.05) is 41.5 Å². The summed E-state index contributed by atoms with van der Waals surface area (Å²) in [4.78, 5) is 24.2. The smallest absolute Gasteiger partial charge is 0.191 e. The normalized spacial score (nSPS) is 27.1. The van der Waals surface area contributed by atoms with Crippen LogP contribution in [0.1, 0.15) is 48.0 Å². The molecule has 0 saturated carbocycles. The summed E-state index contributed by atoms with van der Waals surface area (Å²) in [5, 5.41) is 10.6. The molecule has 3 nitrogen and oxygen atoms in total. The van der Waals surface area contributed by atoms with Gasteiger partial charge in [-0.15, -0.1) is 0 Å². The number of carbonyl (C=O) groups is 2. The molecule has 1 aliphatic rings. The molecule has 17 heavy (non-hydrogen) atoms. The molecule has 96 valence electrons. The quantitative estimate of drug-likeness (QED) is 0.704. The summed E-state index contributed by atoms with van der Waals surface area (Å²) in [6.45, 7) is 11.0. The lowest BCUT2D eigenvalue weighted by atomic mass is 9.63. The number of aliphatic hydroxyl groups is 1. The first-order valence-electron chi connectivity index (χ1n) is 5.92. The van der Waals surface area contributed by atoms with Crippen LogP contribution < -0.4 is 0 Å². The van der Waals surface area contributed by atoms with E-state index < -0.39 is 16.4 Å². The van der Waals surface area contributed by atoms with Gasteiger partial charge in [-0.3, -0.25) is 9.59 Å². The Morgan fingerprint density at radius 3 is 1.94 bits per heavy atom. The molecule has 0 spiro atoms. The van der Waals surface area contributed by atoms with Gasteiger partial charge in [0.15, 0.2) is 11.6 Å². The minimum atomic E-state index is -1.58. The number of rotatable bonds is 0. The van der Waals surface area contributed by atoms with Crippen molar-refractivity contribution < 1.29 is 14.7 Å². The summed E-state index contributed by atoms with van der Waals surface area (Å²) in [7, 11) is 0. The van der Waals surface area contributed by atoms with Crippen LogP contribution in [-0.4, -0.2) is 22.3 Å². The molecule has 3 heteroatoms. The Kier molecular flexibility index (Phi) is 3.13. The summed E-state index contributed by atoms with van der Waals surface area (Å²) >= 11 is 0. The molecule has 0 bridgehead atoms. The lowest BCUT2D eigenvalue weighted by Gasteiger charge is -2.42. The summed E-state index contributed by atoms with van der Waals surface area (Å²) in [6, 6.07) is 0. The van der Waals surface area contributed by atoms with E-state index in [0.717, 1.165) is 0 Å². The first kappa shape index (κ1) is 14.1. The maximum Gasteiger partial charge on any atom is 0.191 e. The first-order valence-corrected chi connectivity index (χ1v) is 5.92. The van der Waals surface area contributed by atoms with E-state index in [-0.39, 0.29) is 18.0 Å². The molecule has 0 aromatic heterocycles. The summed E-state index contributed by atoms with van der Waals surface area (Å²) < 4.78 is 0. The van der Waals surface area contributed by atoms with Crippen molar-refractivity contribution in [2.45, 2.75) is 53.6 Å². The molecule has 0 fully saturated rings. The van der Waals surface area contributed by atoms with Gasteiger partial charge in [0, 0.05) is 12.0 Å². The number of hydrogen-bond acceptors (Lipinski definition) is 3. The van der Waals surface area contributed by atoms with Gasteiger partial charge in [0.05, 0.1) is 0 Å². The van der Waals surface area contributed by atoms with Crippen LogP contribution in [0.3, 0.4) is 0 Å². The number of Topliss-reactive ketones (excluding diaryl/α,β-unsaturated/α-hetero) is 1. The Morgan fingerprint density at radius 1 is 1.12 bits per heavy atom. The third-order valence-corrected chi connectivity index (χ3v) is 3.40. The monoisotopic (exact) mass is 238 g/mol. The highest BCUT2D eigenvalue weighted by Crippen LogP contribution is 2.42. The van der Waals surface area contributed by atoms with Crippen molar-refractivity contribution in [3.63, 3.8) is 0 Å². The molecular formula is C14H22O3. The van der Waals surface area contributed by atoms with Crippen LogP contribution in [0.4, 0.5) is 0 Å². The predicted octanol–water partition coefficient (Wildman–Crippen LogP) is 2.28. The van der Waals surface area contributed by atoms with Gasteiger partial charge < -0.3 is 5.11 Å². The second-order valence-corrected chi connectivity index (χ2v) is 6.89. The van der Waals surface area contributed by atoms with Crippen LogP contribution in [0.5, 0.6) is 0 Å². The molecule has 0 aliphatic heterocycles. The van der Waals surface area contributed by atoms with Crippen molar-refractivity contribution in [1.82, 2.24) is 0 Å². The molecule has 0 saturated heterocycles. The largest absolute Gasteiger partial charge is 0.381 e. The molecule has 1 aliphatic carbocycles. The molecule has 0 amide bonds. The van der Waals surface area contributed by atoms with E-state index >= 15 is 0 Å². The van der Waals surface area contributed by atoms with E-state index in [2.05, 4.69) is 0 Å². The van der Waals surface area contributed by atoms with E-state index in [1.165, 1.54) is 6.08 Å². The van der Waals surface area contributed by atoms with Crippen LogP contribution in [0.2, 0.25) is 0 Å². The average molecular weight is 238 g/mol. The number of hydrogen-bond donors (Lipinski definition) is 1. The van der Waals surface area contributed by atoms with Crippen LogP contribution in [0.15, 0.2) is 11.6 Å². The lowest BCUT2D eigenvalue weighted by molar-refractivity contribution is -0.153. The Hall–Kier alpha value is -0.960. The van der Waals surface area contributed by atoms with Crippen LogP contribution >= 0.6 is 0 Å². The van der Waals surface area contributed by atoms with Crippen molar-refractivity contribution in [2.75, 3.05) is 0 Å². The molecule has 0 aromatic carbocycles. The van der Waals surface area contributed by atoms with E-state index in [1.54, 1.807) is 20.8 Å². The highest BCUT2D eigenvalue weighted by atomic mass is 16.3. The fraction of sp³-hybridized carbons (Fsp3) is 0.714. The zero-order valence-corrected chi connectivity index (χ0v) is 11.5. The molecule has 1 rings (SSSR count). The Labute approximate surface area is 103 Å². The summed E-state index contributed by atoms with van der Waals surface area (Å²) in [5.74, 6) is -0.482. The van der Waals surface area contributed by atoms with Crippen molar-refractivity contribution in [1.29, 1.82) is 0 Å². The van der Waals surface area contributed by atoms with Gasteiger partial charge in [-0.05, 0) is 16.9 Å². The van der Waals surface area contributed by atoms with Crippen molar-refractivity contribution >= 4 is 11.6 Å². The second kappa shape index (κ2) is 3.77. The zero-order chi connectivity index (χ0) is 13.6. The fourth-order valence-electron chi connectivity index (χ4n) is 2.00. The standard InChI is InChI=1S/C14H22O3/c1-12(2,3)10-7-9(15)8-14(17,11(10)16)13(4,5)6/h7,17H,8H2,1-6H3. The number of allylic oxidation sites excluding steroid dienone is 1. The number of carbonyl (C=O) groups excluding carboxylic acids is 2. The topological polar surface area (TPSA) is 54.4 Å². The molecule has 0 heterocycles. The molecule has 1 unspecified atom stereocenters. The zero-order valence-electron chi connectivity index (χ0n) is 11.5. The second-order valence-electron chi connectivity index (χ2n) is 6.89. The number of ketones is 2. The van der Waals surface area contributed by atoms with Gasteiger partial charge >= 0.3 is 0 Å². The van der Waals surface area contributed by atoms with Crippen molar-refractivity contribution in [3.8, 4) is 0 Å². The Balaban J connectivity index is 3.34. The summed E-state index contributed by atoms with van der Waals surface area (Å²) in [6.07, 6.45) is 1.28. The predicted molar refractivity (Wildman–Crippen MR) is 66.6 cm³/mol. The SMILES string of the molecule is CC(C)(C)C1=CC(=O)CC(O)(C(C)(C)C)C1=O. The minimum absolute atomic E-state index is 0.116. The van der Waals surface area contributed by atoms with Crippen molar-refractivity contribution in [3.05, 3.63) is 11.6 Å². The molecule has 0 radical (unpaired) electrons. The maximum absolute atomic E-state index is 12.4. The maximum atomic E-state index is 12.4. The minimum Gasteiger partial charge on any atom is -0.381 e. The van der Waals surface area contributed by atoms with Crippen LogP contribution in [-0.2, 0) is 9.59 Å². The van der Waals surface area contributed by atoms with Crippen LogP contribution in [0, 0.1) is 10.8 Å². The van der Waals surface area contributed by atoms with E-state index in [0.29, 0.717) is 5.57 Å². The summed E-state index contributed by atoms with van der Waals surface area (Å²) in [5.41, 5.74) is -2.23. The third kappa shape index (κ3) is 2.34. The van der Waals surface area contributed by atoms with Crippen molar-refractivity contribution in [2.24, 2.45) is 10.8 Å². The van der Waals surface area contributed by atoms with Gasteiger partial charge in [-0.25, -0.2) is 0 Å². The van der Waals surface area contributed by atoms with E-state index in [1.807, 2.05) is 20.8 Å². The molecule has 0 aromatic rings. The molecule has 1 atom stereocenters. The highest BCUT2D eigenvalue weighted by molar-refractivity contribution is 6.14. The fourth-order valence-corrected chi connectivity index (χ4v) is 2.00. The lowest BCUT2D eigenvalue weighted by Crippen LogP contribution is -2.55.